The molecule has 0 radical (unpaired) electrons. The molecular weight excluding hydrogens is 480 g/mol. The first-order chi connectivity index (χ1) is 18.5. The summed E-state index contributed by atoms with van der Waals surface area (Å²) in [5.74, 6) is -1.98. The van der Waals surface area contributed by atoms with Gasteiger partial charge >= 0.3 is 0 Å². The molecule has 2 heterocycles. The third-order valence-electron chi connectivity index (χ3n) is 6.59. The van der Waals surface area contributed by atoms with Crippen molar-refractivity contribution in [2.24, 2.45) is 0 Å². The van der Waals surface area contributed by atoms with Crippen LogP contribution in [0.4, 0.5) is 0 Å². The topological polar surface area (TPSA) is 108 Å². The number of Topliss-reactive ketones (excluding diaryl/α,β-unsaturated/α-hetero) is 1. The highest BCUT2D eigenvalue weighted by Gasteiger charge is 2.38. The minimum absolute atomic E-state index is 0.106. The number of ketones is 1. The van der Waals surface area contributed by atoms with Gasteiger partial charge in [-0.1, -0.05) is 66.7 Å². The summed E-state index contributed by atoms with van der Waals surface area (Å²) < 4.78 is 0. The van der Waals surface area contributed by atoms with Crippen LogP contribution in [0.25, 0.3) is 0 Å². The lowest BCUT2D eigenvalue weighted by atomic mass is 10.0. The molecule has 1 aliphatic rings. The molecule has 2 unspecified atom stereocenters. The number of nitrogens with one attached hydrogen (secondary N) is 2. The van der Waals surface area contributed by atoms with Gasteiger partial charge in [0, 0.05) is 37.8 Å². The van der Waals surface area contributed by atoms with E-state index >= 15 is 0 Å². The number of hydrogen-bond acceptors (Lipinski definition) is 5. The van der Waals surface area contributed by atoms with Gasteiger partial charge in [0.25, 0.3) is 5.91 Å². The van der Waals surface area contributed by atoms with Crippen molar-refractivity contribution < 1.29 is 19.2 Å². The monoisotopic (exact) mass is 512 g/mol. The van der Waals surface area contributed by atoms with Gasteiger partial charge in [-0.05, 0) is 42.5 Å². The van der Waals surface area contributed by atoms with Crippen molar-refractivity contribution in [3.63, 3.8) is 0 Å². The van der Waals surface area contributed by atoms with Crippen molar-refractivity contribution in [2.45, 2.75) is 50.7 Å². The quantitative estimate of drug-likeness (QED) is 0.287. The fourth-order valence-electron chi connectivity index (χ4n) is 4.57. The van der Waals surface area contributed by atoms with Crippen LogP contribution < -0.4 is 10.6 Å². The number of pyridine rings is 1. The van der Waals surface area contributed by atoms with Gasteiger partial charge < -0.3 is 15.5 Å². The number of amides is 3. The van der Waals surface area contributed by atoms with Gasteiger partial charge in [-0.15, -0.1) is 0 Å². The summed E-state index contributed by atoms with van der Waals surface area (Å²) in [6, 6.07) is 22.6. The Hall–Kier alpha value is -4.33. The molecule has 2 atom stereocenters. The third kappa shape index (κ3) is 7.35. The maximum absolute atomic E-state index is 13.3. The minimum atomic E-state index is -1.05. The van der Waals surface area contributed by atoms with Gasteiger partial charge in [-0.3, -0.25) is 24.2 Å². The molecule has 196 valence electrons. The molecule has 1 fully saturated rings. The highest BCUT2D eigenvalue weighted by molar-refractivity contribution is 6.38. The van der Waals surface area contributed by atoms with E-state index < -0.39 is 29.7 Å². The number of rotatable bonds is 12. The summed E-state index contributed by atoms with van der Waals surface area (Å²) in [5.41, 5.74) is 2.65. The second-order valence-corrected chi connectivity index (χ2v) is 9.36. The number of carbonyl (C=O) groups excluding carboxylic acids is 4. The molecule has 0 spiro atoms. The Morgan fingerprint density at radius 2 is 1.61 bits per heavy atom. The van der Waals surface area contributed by atoms with Crippen molar-refractivity contribution in [1.29, 1.82) is 0 Å². The Kier molecular flexibility index (Phi) is 9.34. The molecule has 8 nitrogen and oxygen atoms in total. The van der Waals surface area contributed by atoms with E-state index in [1.54, 1.807) is 11.1 Å². The SMILES string of the molecule is O=C(NCCCc1ccccn1)C(=O)C(Cc1ccccc1)NC(=O)C1CCC(=O)N1Cc1ccccc1. The number of aryl methyl sites for hydroxylation is 1. The molecule has 0 aliphatic carbocycles. The van der Waals surface area contributed by atoms with Crippen LogP contribution in [0.3, 0.4) is 0 Å². The van der Waals surface area contributed by atoms with Gasteiger partial charge in [-0.2, -0.15) is 0 Å². The maximum atomic E-state index is 13.3. The largest absolute Gasteiger partial charge is 0.349 e. The summed E-state index contributed by atoms with van der Waals surface area (Å²) in [4.78, 5) is 57.7. The molecule has 3 amide bonds. The summed E-state index contributed by atoms with van der Waals surface area (Å²) in [6.45, 7) is 0.626. The maximum Gasteiger partial charge on any atom is 0.289 e. The predicted octanol–water partition coefficient (Wildman–Crippen LogP) is 2.62. The molecule has 0 bridgehead atoms. The number of nitrogens with zero attached hydrogens (tertiary/aromatic N) is 2. The fourth-order valence-corrected chi connectivity index (χ4v) is 4.57. The van der Waals surface area contributed by atoms with Crippen LogP contribution in [0, 0.1) is 0 Å². The summed E-state index contributed by atoms with van der Waals surface area (Å²) in [5, 5.41) is 5.47. The first-order valence-corrected chi connectivity index (χ1v) is 12.9. The fraction of sp³-hybridized carbons (Fsp3) is 0.300. The zero-order valence-corrected chi connectivity index (χ0v) is 21.2. The molecule has 1 aliphatic heterocycles. The van der Waals surface area contributed by atoms with Crippen LogP contribution in [-0.4, -0.2) is 52.0 Å². The lowest BCUT2D eigenvalue weighted by Crippen LogP contribution is -2.53. The zero-order valence-electron chi connectivity index (χ0n) is 21.2. The second-order valence-electron chi connectivity index (χ2n) is 9.36. The average Bonchev–Trinajstić information content (AvgIpc) is 3.31. The van der Waals surface area contributed by atoms with Crippen LogP contribution in [0.15, 0.2) is 85.1 Å². The summed E-state index contributed by atoms with van der Waals surface area (Å²) in [7, 11) is 0. The van der Waals surface area contributed by atoms with E-state index in [1.165, 1.54) is 0 Å². The highest BCUT2D eigenvalue weighted by atomic mass is 16.2. The normalized spacial score (nSPS) is 15.6. The van der Waals surface area contributed by atoms with Gasteiger partial charge in [0.05, 0.1) is 0 Å². The lowest BCUT2D eigenvalue weighted by Gasteiger charge is -2.26. The Morgan fingerprint density at radius 1 is 0.921 bits per heavy atom. The molecule has 38 heavy (non-hydrogen) atoms. The number of aromatic nitrogens is 1. The number of benzene rings is 2. The molecule has 1 aromatic heterocycles. The molecule has 2 aromatic carbocycles. The van der Waals surface area contributed by atoms with Crippen molar-refractivity contribution >= 4 is 23.5 Å². The highest BCUT2D eigenvalue weighted by Crippen LogP contribution is 2.22. The summed E-state index contributed by atoms with van der Waals surface area (Å²) in [6.07, 6.45) is 3.82. The standard InChI is InChI=1S/C30H32N4O4/c35-27-17-16-26(34(27)21-23-12-5-2-6-13-23)29(37)33-25(20-22-10-3-1-4-11-22)28(36)30(38)32-19-9-15-24-14-7-8-18-31-24/h1-8,10-14,18,25-26H,9,15-17,19-21H2,(H,32,38)(H,33,37). The molecule has 0 saturated carbocycles. The van der Waals surface area contributed by atoms with Crippen LogP contribution >= 0.6 is 0 Å². The van der Waals surface area contributed by atoms with E-state index in [0.717, 1.165) is 16.8 Å². The van der Waals surface area contributed by atoms with Crippen molar-refractivity contribution in [3.8, 4) is 0 Å². The number of hydrogen-bond donors (Lipinski definition) is 2. The van der Waals surface area contributed by atoms with Crippen molar-refractivity contribution in [1.82, 2.24) is 20.5 Å². The molecular formula is C30H32N4O4. The second kappa shape index (κ2) is 13.3. The van der Waals surface area contributed by atoms with Crippen molar-refractivity contribution in [3.05, 3.63) is 102 Å². The molecule has 3 aromatic rings. The van der Waals surface area contributed by atoms with Crippen LogP contribution in [0.1, 0.15) is 36.1 Å². The first kappa shape index (κ1) is 26.7. The van der Waals surface area contributed by atoms with E-state index in [0.29, 0.717) is 32.4 Å². The molecule has 4 rings (SSSR count). The molecule has 8 heteroatoms. The first-order valence-electron chi connectivity index (χ1n) is 12.9. The minimum Gasteiger partial charge on any atom is -0.349 e. The Labute approximate surface area is 222 Å². The molecule has 2 N–H and O–H groups in total. The van der Waals surface area contributed by atoms with Gasteiger partial charge in [0.2, 0.25) is 17.6 Å². The van der Waals surface area contributed by atoms with Gasteiger partial charge in [0.15, 0.2) is 0 Å². The van der Waals surface area contributed by atoms with Gasteiger partial charge in [-0.25, -0.2) is 0 Å². The number of carbonyl (C=O) groups is 4. The van der Waals surface area contributed by atoms with E-state index in [2.05, 4.69) is 15.6 Å². The molecule has 1 saturated heterocycles. The van der Waals surface area contributed by atoms with Crippen LogP contribution in [0.2, 0.25) is 0 Å². The predicted molar refractivity (Wildman–Crippen MR) is 143 cm³/mol. The number of likely N-dealkylation sites (tertiary alicyclic amines) is 1. The smallest absolute Gasteiger partial charge is 0.289 e. The Bertz CT molecular complexity index is 1230. The summed E-state index contributed by atoms with van der Waals surface area (Å²) >= 11 is 0. The van der Waals surface area contributed by atoms with Crippen molar-refractivity contribution in [2.75, 3.05) is 6.54 Å². The van der Waals surface area contributed by atoms with Crippen LogP contribution in [-0.2, 0) is 38.6 Å². The van der Waals surface area contributed by atoms with E-state index in [-0.39, 0.29) is 18.7 Å². The van der Waals surface area contributed by atoms with E-state index in [4.69, 9.17) is 0 Å². The third-order valence-corrected chi connectivity index (χ3v) is 6.59. The lowest BCUT2D eigenvalue weighted by molar-refractivity contribution is -0.141. The Morgan fingerprint density at radius 3 is 2.29 bits per heavy atom. The van der Waals surface area contributed by atoms with Gasteiger partial charge in [0.1, 0.15) is 12.1 Å². The Balaban J connectivity index is 1.40. The average molecular weight is 513 g/mol. The van der Waals surface area contributed by atoms with Crippen LogP contribution in [0.5, 0.6) is 0 Å². The zero-order chi connectivity index (χ0) is 26.7. The van der Waals surface area contributed by atoms with E-state index in [1.807, 2.05) is 78.9 Å². The van der Waals surface area contributed by atoms with E-state index in [9.17, 15) is 19.2 Å².